The van der Waals surface area contributed by atoms with Crippen LogP contribution in [0.25, 0.3) is 0 Å². The highest BCUT2D eigenvalue weighted by atomic mass is 32.2. The molecule has 1 atom stereocenters. The number of nitrogens with one attached hydrogen (secondary N) is 1. The van der Waals surface area contributed by atoms with Crippen LogP contribution in [0.5, 0.6) is 17.2 Å². The Kier molecular flexibility index (Phi) is 11.1. The van der Waals surface area contributed by atoms with Gasteiger partial charge in [-0.25, -0.2) is 12.8 Å². The number of anilines is 1. The summed E-state index contributed by atoms with van der Waals surface area (Å²) in [6.07, 6.45) is 0.262. The number of ether oxygens (including phenoxy) is 3. The van der Waals surface area contributed by atoms with Gasteiger partial charge in [-0.1, -0.05) is 19.1 Å². The van der Waals surface area contributed by atoms with Gasteiger partial charge in [-0.3, -0.25) is 13.9 Å². The summed E-state index contributed by atoms with van der Waals surface area (Å²) in [6.45, 7) is 3.32. The van der Waals surface area contributed by atoms with Crippen LogP contribution < -0.4 is 23.8 Å². The Morgan fingerprint density at radius 1 is 0.929 bits per heavy atom. The Hall–Kier alpha value is -4.32. The van der Waals surface area contributed by atoms with Crippen molar-refractivity contribution in [2.45, 2.75) is 37.8 Å². The van der Waals surface area contributed by atoms with Crippen molar-refractivity contribution < 1.29 is 36.6 Å². The molecule has 0 aromatic heterocycles. The van der Waals surface area contributed by atoms with Gasteiger partial charge < -0.3 is 24.4 Å². The lowest BCUT2D eigenvalue weighted by Crippen LogP contribution is -2.51. The highest BCUT2D eigenvalue weighted by Gasteiger charge is 2.34. The molecule has 42 heavy (non-hydrogen) atoms. The number of hydrogen-bond donors (Lipinski definition) is 1. The number of halogens is 1. The second-order valence-corrected chi connectivity index (χ2v) is 11.0. The molecular weight excluding hydrogens is 565 g/mol. The summed E-state index contributed by atoms with van der Waals surface area (Å²) in [4.78, 5) is 28.0. The van der Waals surface area contributed by atoms with E-state index in [4.69, 9.17) is 14.2 Å². The van der Waals surface area contributed by atoms with Crippen molar-refractivity contribution in [3.63, 3.8) is 0 Å². The Labute approximate surface area is 246 Å². The third-order valence-corrected chi connectivity index (χ3v) is 8.33. The van der Waals surface area contributed by atoms with Crippen LogP contribution in [-0.2, 0) is 26.2 Å². The Bertz CT molecular complexity index is 1470. The lowest BCUT2D eigenvalue weighted by Gasteiger charge is -2.33. The molecule has 0 aliphatic heterocycles. The molecule has 0 fully saturated rings. The first kappa shape index (κ1) is 32.2. The van der Waals surface area contributed by atoms with E-state index in [1.54, 1.807) is 19.1 Å². The molecule has 0 bridgehead atoms. The van der Waals surface area contributed by atoms with Crippen LogP contribution in [0.1, 0.15) is 25.8 Å². The van der Waals surface area contributed by atoms with Crippen molar-refractivity contribution in [3.8, 4) is 17.2 Å². The Balaban J connectivity index is 2.10. The Morgan fingerprint density at radius 2 is 1.57 bits per heavy atom. The zero-order chi connectivity index (χ0) is 30.9. The maximum absolute atomic E-state index is 14.1. The average Bonchev–Trinajstić information content (AvgIpc) is 3.00. The van der Waals surface area contributed by atoms with Crippen molar-refractivity contribution >= 4 is 27.5 Å². The molecule has 10 nitrogen and oxygen atoms in total. The molecule has 3 aromatic rings. The highest BCUT2D eigenvalue weighted by Crippen LogP contribution is 2.33. The normalized spacial score (nSPS) is 11.8. The molecule has 0 heterocycles. The summed E-state index contributed by atoms with van der Waals surface area (Å²) in [5.41, 5.74) is 0.777. The van der Waals surface area contributed by atoms with E-state index >= 15 is 0 Å². The minimum absolute atomic E-state index is 0.0431. The van der Waals surface area contributed by atoms with E-state index in [0.717, 1.165) is 4.31 Å². The van der Waals surface area contributed by atoms with Crippen LogP contribution >= 0.6 is 0 Å². The number of nitrogens with zero attached hydrogens (tertiary/aromatic N) is 2. The molecule has 0 unspecified atom stereocenters. The summed E-state index contributed by atoms with van der Waals surface area (Å²) in [6, 6.07) is 15.1. The van der Waals surface area contributed by atoms with Gasteiger partial charge in [-0.2, -0.15) is 0 Å². The number of methoxy groups -OCH3 is 2. The quantitative estimate of drug-likeness (QED) is 0.297. The smallest absolute Gasteiger partial charge is 0.264 e. The molecule has 0 spiro atoms. The second-order valence-electron chi connectivity index (χ2n) is 9.14. The van der Waals surface area contributed by atoms with Crippen LogP contribution in [0, 0.1) is 5.82 Å². The van der Waals surface area contributed by atoms with Gasteiger partial charge in [0.15, 0.2) is 11.5 Å². The molecule has 0 saturated heterocycles. The zero-order valence-electron chi connectivity index (χ0n) is 24.3. The van der Waals surface area contributed by atoms with Gasteiger partial charge in [0, 0.05) is 19.7 Å². The van der Waals surface area contributed by atoms with Crippen LogP contribution in [0.4, 0.5) is 10.1 Å². The van der Waals surface area contributed by atoms with Crippen LogP contribution in [-0.4, -0.2) is 65.6 Å². The number of rotatable bonds is 14. The predicted octanol–water partition coefficient (Wildman–Crippen LogP) is 3.99. The summed E-state index contributed by atoms with van der Waals surface area (Å²) in [5, 5.41) is 2.56. The lowest BCUT2D eigenvalue weighted by molar-refractivity contribution is -0.140. The molecule has 0 radical (unpaired) electrons. The third-order valence-electron chi connectivity index (χ3n) is 6.56. The van der Waals surface area contributed by atoms with E-state index in [9.17, 15) is 22.4 Å². The first-order valence-electron chi connectivity index (χ1n) is 13.3. The maximum Gasteiger partial charge on any atom is 0.264 e. The second kappa shape index (κ2) is 14.5. The first-order chi connectivity index (χ1) is 20.1. The molecule has 0 aliphatic rings. The molecule has 0 aliphatic carbocycles. The number of hydrogen-bond acceptors (Lipinski definition) is 7. The van der Waals surface area contributed by atoms with Gasteiger partial charge in [0.05, 0.1) is 31.4 Å². The van der Waals surface area contributed by atoms with Crippen molar-refractivity contribution in [1.82, 2.24) is 10.2 Å². The lowest BCUT2D eigenvalue weighted by atomic mass is 10.1. The molecule has 1 N–H and O–H groups in total. The van der Waals surface area contributed by atoms with Crippen LogP contribution in [0.15, 0.2) is 71.6 Å². The van der Waals surface area contributed by atoms with Gasteiger partial charge in [0.25, 0.3) is 10.0 Å². The highest BCUT2D eigenvalue weighted by molar-refractivity contribution is 7.92. The van der Waals surface area contributed by atoms with Crippen molar-refractivity contribution in [1.29, 1.82) is 0 Å². The number of amides is 2. The third kappa shape index (κ3) is 7.49. The van der Waals surface area contributed by atoms with E-state index < -0.39 is 40.2 Å². The molecule has 0 saturated carbocycles. The van der Waals surface area contributed by atoms with Crippen molar-refractivity contribution in [2.75, 3.05) is 38.7 Å². The molecule has 2 amide bonds. The fourth-order valence-corrected chi connectivity index (χ4v) is 5.81. The fourth-order valence-electron chi connectivity index (χ4n) is 4.38. The summed E-state index contributed by atoms with van der Waals surface area (Å²) in [5.74, 6) is -0.435. The molecule has 3 rings (SSSR count). The zero-order valence-corrected chi connectivity index (χ0v) is 25.1. The largest absolute Gasteiger partial charge is 0.494 e. The van der Waals surface area contributed by atoms with Gasteiger partial charge in [-0.15, -0.1) is 0 Å². The number of carbonyl (C=O) groups excluding carboxylic acids is 2. The first-order valence-corrected chi connectivity index (χ1v) is 14.8. The van der Waals surface area contributed by atoms with Crippen molar-refractivity contribution in [3.05, 3.63) is 78.1 Å². The number of sulfonamides is 1. The van der Waals surface area contributed by atoms with Gasteiger partial charge in [-0.05, 0) is 67.4 Å². The summed E-state index contributed by atoms with van der Waals surface area (Å²) in [7, 11) is -0.0635. The molecule has 3 aromatic carbocycles. The van der Waals surface area contributed by atoms with Crippen molar-refractivity contribution in [2.24, 2.45) is 0 Å². The van der Waals surface area contributed by atoms with E-state index in [1.807, 2.05) is 6.92 Å². The molecular formula is C30H36FN3O7S. The standard InChI is InChI=1S/C30H36FN3O7S/c1-6-26(30(36)32-3)33(19-21-8-10-22(31)11-9-21)29(35)20-34(23-12-14-24(15-13-23)41-7-2)42(37,38)25-16-17-27(39-4)28(18-25)40-5/h8-18,26H,6-7,19-20H2,1-5H3,(H,32,36)/t26-/m1/s1. The number of likely N-dealkylation sites (N-methyl/N-ethyl adjacent to an activating group) is 1. The predicted molar refractivity (Wildman–Crippen MR) is 157 cm³/mol. The van der Waals surface area contributed by atoms with E-state index in [2.05, 4.69) is 5.32 Å². The summed E-state index contributed by atoms with van der Waals surface area (Å²) >= 11 is 0. The van der Waals surface area contributed by atoms with E-state index in [1.165, 1.54) is 80.8 Å². The minimum Gasteiger partial charge on any atom is -0.494 e. The summed E-state index contributed by atoms with van der Waals surface area (Å²) < 4.78 is 58.8. The van der Waals surface area contributed by atoms with Gasteiger partial charge in [0.1, 0.15) is 24.2 Å². The number of benzene rings is 3. The monoisotopic (exact) mass is 601 g/mol. The number of carbonyl (C=O) groups is 2. The SMILES string of the molecule is CCOc1ccc(N(CC(=O)N(Cc2ccc(F)cc2)[C@H](CC)C(=O)NC)S(=O)(=O)c2ccc(OC)c(OC)c2)cc1. The van der Waals surface area contributed by atoms with Gasteiger partial charge >= 0.3 is 0 Å². The Morgan fingerprint density at radius 3 is 2.12 bits per heavy atom. The molecule has 12 heteroatoms. The topological polar surface area (TPSA) is 114 Å². The van der Waals surface area contributed by atoms with Gasteiger partial charge in [0.2, 0.25) is 11.8 Å². The minimum atomic E-state index is -4.34. The fraction of sp³-hybridized carbons (Fsp3) is 0.333. The maximum atomic E-state index is 14.1. The van der Waals surface area contributed by atoms with E-state index in [-0.39, 0.29) is 29.3 Å². The average molecular weight is 602 g/mol. The molecule has 226 valence electrons. The van der Waals surface area contributed by atoms with E-state index in [0.29, 0.717) is 23.7 Å². The van der Waals surface area contributed by atoms with Crippen LogP contribution in [0.3, 0.4) is 0 Å². The van der Waals surface area contributed by atoms with Crippen LogP contribution in [0.2, 0.25) is 0 Å².